The molecule has 0 spiro atoms. The molecule has 2 aromatic rings. The maximum Gasteiger partial charge on any atom is 0.0455 e. The van der Waals surface area contributed by atoms with Crippen molar-refractivity contribution in [3.8, 4) is 0 Å². The van der Waals surface area contributed by atoms with Gasteiger partial charge < -0.3 is 11.9 Å². The molecule has 1 N–H and O–H groups in total. The zero-order chi connectivity index (χ0) is 7.68. The zero-order valence-electron chi connectivity index (χ0n) is 6.30. The molecule has 0 amide bonds. The van der Waals surface area contributed by atoms with Crippen LogP contribution in [0, 0.1) is 6.92 Å². The number of nitrogens with one attached hydrogen (secondary N) is 1. The molecule has 0 saturated carbocycles. The maximum atomic E-state index is 3.86. The molecule has 0 aliphatic heterocycles. The Labute approximate surface area is 66.1 Å². The Morgan fingerprint density at radius 3 is 2.91 bits per heavy atom. The molecule has 1 aromatic heterocycles. The van der Waals surface area contributed by atoms with Crippen LogP contribution in [0.15, 0.2) is 30.5 Å². The first-order valence-electron chi connectivity index (χ1n) is 3.76. The molecule has 1 heteroatoms. The Bertz CT molecular complexity index is 360. The van der Waals surface area contributed by atoms with Crippen molar-refractivity contribution in [3.63, 3.8) is 0 Å². The third kappa shape index (κ3) is 0.929. The van der Waals surface area contributed by atoms with E-state index in [-0.39, 0.29) is 0 Å². The van der Waals surface area contributed by atoms with Crippen LogP contribution in [-0.4, -0.2) is 4.98 Å². The van der Waals surface area contributed by atoms with E-state index in [1.165, 1.54) is 16.5 Å². The van der Waals surface area contributed by atoms with Crippen LogP contribution < -0.4 is 0 Å². The highest BCUT2D eigenvalue weighted by atomic mass is 14.7. The molecule has 0 saturated heterocycles. The first-order chi connectivity index (χ1) is 5.42. The third-order valence-corrected chi connectivity index (χ3v) is 1.94. The van der Waals surface area contributed by atoms with Crippen LogP contribution in [0.1, 0.15) is 5.56 Å². The van der Waals surface area contributed by atoms with E-state index in [0.717, 1.165) is 6.42 Å². The number of benzene rings is 1. The second-order valence-corrected chi connectivity index (χ2v) is 2.61. The van der Waals surface area contributed by atoms with E-state index in [1.54, 1.807) is 0 Å². The summed E-state index contributed by atoms with van der Waals surface area (Å²) in [5.74, 6) is 0. The van der Waals surface area contributed by atoms with Gasteiger partial charge in [0.15, 0.2) is 0 Å². The van der Waals surface area contributed by atoms with Crippen molar-refractivity contribution in [2.45, 2.75) is 6.42 Å². The summed E-state index contributed by atoms with van der Waals surface area (Å²) in [6, 6.07) is 8.28. The highest BCUT2D eigenvalue weighted by Gasteiger charge is 1.95. The zero-order valence-corrected chi connectivity index (χ0v) is 6.30. The van der Waals surface area contributed by atoms with Crippen molar-refractivity contribution in [1.29, 1.82) is 0 Å². The van der Waals surface area contributed by atoms with Gasteiger partial charge >= 0.3 is 0 Å². The first-order valence-corrected chi connectivity index (χ1v) is 3.76. The van der Waals surface area contributed by atoms with Crippen molar-refractivity contribution in [2.24, 2.45) is 0 Å². The van der Waals surface area contributed by atoms with Crippen molar-refractivity contribution in [3.05, 3.63) is 42.9 Å². The van der Waals surface area contributed by atoms with Gasteiger partial charge in [0.2, 0.25) is 0 Å². The summed E-state index contributed by atoms with van der Waals surface area (Å²) in [6.07, 6.45) is 2.88. The van der Waals surface area contributed by atoms with E-state index in [9.17, 15) is 0 Å². The first kappa shape index (κ1) is 6.47. The van der Waals surface area contributed by atoms with Gasteiger partial charge in [-0.15, -0.1) is 0 Å². The number of aromatic nitrogens is 1. The highest BCUT2D eigenvalue weighted by Crippen LogP contribution is 2.17. The molecule has 0 aliphatic rings. The molecule has 1 nitrogen and oxygen atoms in total. The summed E-state index contributed by atoms with van der Waals surface area (Å²) in [6.45, 7) is 3.86. The lowest BCUT2D eigenvalue weighted by molar-refractivity contribution is 1.29. The molecule has 56 valence electrons. The predicted octanol–water partition coefficient (Wildman–Crippen LogP) is 2.54. The molecule has 1 heterocycles. The smallest absolute Gasteiger partial charge is 0.0455 e. The van der Waals surface area contributed by atoms with E-state index >= 15 is 0 Å². The summed E-state index contributed by atoms with van der Waals surface area (Å²) in [5, 5.41) is 1.29. The van der Waals surface area contributed by atoms with Crippen LogP contribution in [0.4, 0.5) is 0 Å². The van der Waals surface area contributed by atoms with Crippen LogP contribution in [-0.2, 0) is 6.42 Å². The minimum Gasteiger partial charge on any atom is -0.361 e. The van der Waals surface area contributed by atoms with Gasteiger partial charge in [-0.1, -0.05) is 23.8 Å². The fraction of sp³-hybridized carbons (Fsp3) is 0.100. The molecular weight excluding hydrogens is 134 g/mol. The van der Waals surface area contributed by atoms with E-state index < -0.39 is 0 Å². The molecule has 0 bridgehead atoms. The Balaban J connectivity index is 2.76. The summed E-state index contributed by atoms with van der Waals surface area (Å²) >= 11 is 0. The molecule has 0 fully saturated rings. The van der Waals surface area contributed by atoms with Gasteiger partial charge in [-0.25, -0.2) is 0 Å². The minimum absolute atomic E-state index is 0.851. The van der Waals surface area contributed by atoms with Gasteiger partial charge in [0, 0.05) is 11.7 Å². The molecule has 11 heavy (non-hydrogen) atoms. The van der Waals surface area contributed by atoms with E-state index in [1.807, 2.05) is 12.3 Å². The largest absolute Gasteiger partial charge is 0.361 e. The number of fused-ring (bicyclic) bond motifs is 1. The van der Waals surface area contributed by atoms with Gasteiger partial charge in [0.05, 0.1) is 0 Å². The van der Waals surface area contributed by atoms with E-state index in [2.05, 4.69) is 30.1 Å². The molecule has 2 rings (SSSR count). The summed E-state index contributed by atoms with van der Waals surface area (Å²) in [5.41, 5.74) is 2.49. The second kappa shape index (κ2) is 2.42. The molecule has 0 aliphatic carbocycles. The van der Waals surface area contributed by atoms with Crippen LogP contribution in [0.3, 0.4) is 0 Å². The van der Waals surface area contributed by atoms with Crippen LogP contribution in [0.5, 0.6) is 0 Å². The Morgan fingerprint density at radius 2 is 2.09 bits per heavy atom. The number of para-hydroxylation sites is 1. The SMILES string of the molecule is [CH2-]Cc1c[nH]c2ccccc12. The van der Waals surface area contributed by atoms with Crippen LogP contribution >= 0.6 is 0 Å². The van der Waals surface area contributed by atoms with Gasteiger partial charge in [0.25, 0.3) is 0 Å². The summed E-state index contributed by atoms with van der Waals surface area (Å²) < 4.78 is 0. The third-order valence-electron chi connectivity index (χ3n) is 1.94. The van der Waals surface area contributed by atoms with Gasteiger partial charge in [-0.2, -0.15) is 6.42 Å². The fourth-order valence-corrected chi connectivity index (χ4v) is 1.34. The number of aromatic amines is 1. The standard InChI is InChI=1S/C10H10N/c1-2-8-7-11-10-6-4-3-5-9(8)10/h3-7,11H,1-2H2/q-1. The van der Waals surface area contributed by atoms with E-state index in [4.69, 9.17) is 0 Å². The Kier molecular flexibility index (Phi) is 1.42. The topological polar surface area (TPSA) is 15.8 Å². The highest BCUT2D eigenvalue weighted by molar-refractivity contribution is 5.83. The number of H-pyrrole nitrogens is 1. The lowest BCUT2D eigenvalue weighted by Crippen LogP contribution is -1.73. The normalized spacial score (nSPS) is 10.6. The average molecular weight is 144 g/mol. The molecule has 0 unspecified atom stereocenters. The second-order valence-electron chi connectivity index (χ2n) is 2.61. The lowest BCUT2D eigenvalue weighted by atomic mass is 10.1. The monoisotopic (exact) mass is 144 g/mol. The predicted molar refractivity (Wildman–Crippen MR) is 47.4 cm³/mol. The lowest BCUT2D eigenvalue weighted by Gasteiger charge is -1.94. The molecule has 0 atom stereocenters. The Morgan fingerprint density at radius 1 is 1.27 bits per heavy atom. The molecule has 0 radical (unpaired) electrons. The van der Waals surface area contributed by atoms with Crippen molar-refractivity contribution in [1.82, 2.24) is 4.98 Å². The van der Waals surface area contributed by atoms with Crippen molar-refractivity contribution >= 4 is 10.9 Å². The molecular formula is C10H10N-. The number of hydrogen-bond donors (Lipinski definition) is 1. The van der Waals surface area contributed by atoms with Gasteiger partial charge in [-0.05, 0) is 11.5 Å². The van der Waals surface area contributed by atoms with Crippen LogP contribution in [0.25, 0.3) is 10.9 Å². The maximum absolute atomic E-state index is 3.86. The number of rotatable bonds is 1. The van der Waals surface area contributed by atoms with Crippen molar-refractivity contribution in [2.75, 3.05) is 0 Å². The summed E-state index contributed by atoms with van der Waals surface area (Å²) in [7, 11) is 0. The Hall–Kier alpha value is -1.24. The fourth-order valence-electron chi connectivity index (χ4n) is 1.34. The van der Waals surface area contributed by atoms with Gasteiger partial charge in [-0.3, -0.25) is 0 Å². The van der Waals surface area contributed by atoms with E-state index in [0.29, 0.717) is 0 Å². The quantitative estimate of drug-likeness (QED) is 0.592. The summed E-state index contributed by atoms with van der Waals surface area (Å²) in [4.78, 5) is 3.20. The average Bonchev–Trinajstić information content (AvgIpc) is 2.47. The van der Waals surface area contributed by atoms with Gasteiger partial charge in [0.1, 0.15) is 0 Å². The minimum atomic E-state index is 0.851. The molecule has 1 aromatic carbocycles. The van der Waals surface area contributed by atoms with Crippen LogP contribution in [0.2, 0.25) is 0 Å². The number of hydrogen-bond acceptors (Lipinski definition) is 0. The van der Waals surface area contributed by atoms with Crippen molar-refractivity contribution < 1.29 is 0 Å².